The molecule has 150 valence electrons. The van der Waals surface area contributed by atoms with Crippen molar-refractivity contribution in [3.05, 3.63) is 58.4 Å². The molecule has 1 heterocycles. The fourth-order valence-corrected chi connectivity index (χ4v) is 3.33. The number of nitrogens with zero attached hydrogens (tertiary/aromatic N) is 2. The second kappa shape index (κ2) is 7.55. The number of rotatable bonds is 2. The SMILES string of the molecule is COC(=O)c1cc(C#N)cc(F)c1-c1cccc2c1CN(C(=O)OC(C)(C)C)C2. The molecule has 0 saturated carbocycles. The standard InChI is InChI=1S/C22H21FN2O4/c1-22(2,3)29-21(27)25-11-14-6-5-7-15(17(14)12-25)19-16(20(26)28-4)8-13(10-24)9-18(19)23/h5-9H,11-12H2,1-4H3. The maximum atomic E-state index is 15.0. The Morgan fingerprint density at radius 2 is 1.93 bits per heavy atom. The molecule has 0 spiro atoms. The maximum Gasteiger partial charge on any atom is 0.410 e. The van der Waals surface area contributed by atoms with Crippen LogP contribution >= 0.6 is 0 Å². The highest BCUT2D eigenvalue weighted by Crippen LogP contribution is 2.37. The van der Waals surface area contributed by atoms with E-state index in [9.17, 15) is 14.0 Å². The van der Waals surface area contributed by atoms with Crippen molar-refractivity contribution in [2.45, 2.75) is 39.5 Å². The number of fused-ring (bicyclic) bond motifs is 1. The molecule has 1 aliphatic heterocycles. The molecule has 7 heteroatoms. The molecule has 0 unspecified atom stereocenters. The first-order valence-corrected chi connectivity index (χ1v) is 9.05. The van der Waals surface area contributed by atoms with E-state index < -0.39 is 23.5 Å². The average Bonchev–Trinajstić information content (AvgIpc) is 3.10. The summed E-state index contributed by atoms with van der Waals surface area (Å²) in [5.74, 6) is -1.44. The average molecular weight is 396 g/mol. The Bertz CT molecular complexity index is 1030. The van der Waals surface area contributed by atoms with Crippen molar-refractivity contribution in [3.8, 4) is 17.2 Å². The smallest absolute Gasteiger partial charge is 0.410 e. The van der Waals surface area contributed by atoms with Crippen molar-refractivity contribution in [1.82, 2.24) is 4.90 Å². The minimum atomic E-state index is -0.740. The van der Waals surface area contributed by atoms with Gasteiger partial charge in [0.1, 0.15) is 11.4 Å². The lowest BCUT2D eigenvalue weighted by Gasteiger charge is -2.24. The van der Waals surface area contributed by atoms with Gasteiger partial charge < -0.3 is 9.47 Å². The van der Waals surface area contributed by atoms with Gasteiger partial charge in [-0.15, -0.1) is 0 Å². The Hall–Kier alpha value is -3.40. The Kier molecular flexibility index (Phi) is 5.29. The van der Waals surface area contributed by atoms with Crippen molar-refractivity contribution < 1.29 is 23.5 Å². The fourth-order valence-electron chi connectivity index (χ4n) is 3.33. The van der Waals surface area contributed by atoms with Gasteiger partial charge in [0.25, 0.3) is 0 Å². The molecule has 0 aromatic heterocycles. The molecule has 0 N–H and O–H groups in total. The predicted octanol–water partition coefficient (Wildman–Crippen LogP) is 4.40. The molecular formula is C22H21FN2O4. The summed E-state index contributed by atoms with van der Waals surface area (Å²) in [6.45, 7) is 5.90. The van der Waals surface area contributed by atoms with E-state index in [1.165, 1.54) is 18.1 Å². The number of esters is 1. The number of amides is 1. The number of ether oxygens (including phenoxy) is 2. The van der Waals surface area contributed by atoms with Gasteiger partial charge in [-0.2, -0.15) is 5.26 Å². The van der Waals surface area contributed by atoms with Crippen LogP contribution in [0.3, 0.4) is 0 Å². The lowest BCUT2D eigenvalue weighted by atomic mass is 9.92. The van der Waals surface area contributed by atoms with Gasteiger partial charge in [0.05, 0.1) is 30.9 Å². The van der Waals surface area contributed by atoms with E-state index in [0.29, 0.717) is 12.1 Å². The quantitative estimate of drug-likeness (QED) is 0.703. The second-order valence-corrected chi connectivity index (χ2v) is 7.76. The number of halogens is 1. The zero-order valence-electron chi connectivity index (χ0n) is 16.7. The number of benzene rings is 2. The minimum absolute atomic E-state index is 0.0228. The Labute approximate surface area is 168 Å². The molecule has 29 heavy (non-hydrogen) atoms. The first-order valence-electron chi connectivity index (χ1n) is 9.05. The van der Waals surface area contributed by atoms with Crippen LogP contribution in [0.25, 0.3) is 11.1 Å². The van der Waals surface area contributed by atoms with Crippen LogP contribution in [0.5, 0.6) is 0 Å². The Morgan fingerprint density at radius 3 is 2.55 bits per heavy atom. The highest BCUT2D eigenvalue weighted by Gasteiger charge is 2.31. The topological polar surface area (TPSA) is 79.6 Å². The minimum Gasteiger partial charge on any atom is -0.465 e. The Balaban J connectivity index is 2.07. The number of carbonyl (C=O) groups is 2. The highest BCUT2D eigenvalue weighted by molar-refractivity contribution is 5.98. The van der Waals surface area contributed by atoms with Gasteiger partial charge in [0.15, 0.2) is 0 Å². The number of carbonyl (C=O) groups excluding carboxylic acids is 2. The Morgan fingerprint density at radius 1 is 1.21 bits per heavy atom. The van der Waals surface area contributed by atoms with Gasteiger partial charge in [0, 0.05) is 12.1 Å². The molecule has 0 aliphatic carbocycles. The van der Waals surface area contributed by atoms with E-state index in [4.69, 9.17) is 14.7 Å². The number of hydrogen-bond acceptors (Lipinski definition) is 5. The molecule has 2 aromatic rings. The van der Waals surface area contributed by atoms with Crippen molar-refractivity contribution in [2.75, 3.05) is 7.11 Å². The van der Waals surface area contributed by atoms with Gasteiger partial charge in [-0.25, -0.2) is 14.0 Å². The van der Waals surface area contributed by atoms with E-state index in [0.717, 1.165) is 17.2 Å². The summed E-state index contributed by atoms with van der Waals surface area (Å²) in [7, 11) is 1.20. The summed E-state index contributed by atoms with van der Waals surface area (Å²) in [5.41, 5.74) is 1.46. The van der Waals surface area contributed by atoms with Crippen molar-refractivity contribution in [3.63, 3.8) is 0 Å². The van der Waals surface area contributed by atoms with E-state index in [2.05, 4.69) is 0 Å². The summed E-state index contributed by atoms with van der Waals surface area (Å²) in [6.07, 6.45) is -0.465. The molecule has 0 radical (unpaired) electrons. The van der Waals surface area contributed by atoms with Crippen LogP contribution in [0, 0.1) is 17.1 Å². The first kappa shape index (κ1) is 20.3. The normalized spacial score (nSPS) is 12.9. The van der Waals surface area contributed by atoms with Crippen molar-refractivity contribution >= 4 is 12.1 Å². The van der Waals surface area contributed by atoms with Gasteiger partial charge in [0.2, 0.25) is 0 Å². The number of hydrogen-bond donors (Lipinski definition) is 0. The third-order valence-electron chi connectivity index (χ3n) is 4.53. The van der Waals surface area contributed by atoms with Crippen LogP contribution in [0.1, 0.15) is 47.8 Å². The van der Waals surface area contributed by atoms with Gasteiger partial charge in [-0.3, -0.25) is 4.90 Å². The monoisotopic (exact) mass is 396 g/mol. The molecule has 0 atom stereocenters. The van der Waals surface area contributed by atoms with Crippen LogP contribution in [-0.4, -0.2) is 29.7 Å². The summed E-state index contributed by atoms with van der Waals surface area (Å²) in [5, 5.41) is 9.12. The molecule has 2 aromatic carbocycles. The highest BCUT2D eigenvalue weighted by atomic mass is 19.1. The van der Waals surface area contributed by atoms with Crippen LogP contribution in [0.4, 0.5) is 9.18 Å². The first-order chi connectivity index (χ1) is 13.6. The second-order valence-electron chi connectivity index (χ2n) is 7.76. The number of methoxy groups -OCH3 is 1. The predicted molar refractivity (Wildman–Crippen MR) is 103 cm³/mol. The van der Waals surface area contributed by atoms with Gasteiger partial charge >= 0.3 is 12.1 Å². The molecule has 6 nitrogen and oxygen atoms in total. The van der Waals surface area contributed by atoms with Crippen LogP contribution in [0.2, 0.25) is 0 Å². The number of nitriles is 1. The zero-order chi connectivity index (χ0) is 21.3. The summed E-state index contributed by atoms with van der Waals surface area (Å²) in [6, 6.07) is 9.52. The van der Waals surface area contributed by atoms with Crippen LogP contribution in [-0.2, 0) is 22.6 Å². The molecule has 3 rings (SSSR count). The summed E-state index contributed by atoms with van der Waals surface area (Å²) < 4.78 is 25.2. The van der Waals surface area contributed by atoms with E-state index in [1.54, 1.807) is 32.9 Å². The fraction of sp³-hybridized carbons (Fsp3) is 0.318. The summed E-state index contributed by atoms with van der Waals surface area (Å²) >= 11 is 0. The lowest BCUT2D eigenvalue weighted by molar-refractivity contribution is 0.0241. The molecular weight excluding hydrogens is 375 g/mol. The van der Waals surface area contributed by atoms with Gasteiger partial charge in [-0.1, -0.05) is 18.2 Å². The lowest BCUT2D eigenvalue weighted by Crippen LogP contribution is -2.33. The van der Waals surface area contributed by atoms with E-state index in [1.807, 2.05) is 12.1 Å². The molecule has 0 bridgehead atoms. The third kappa shape index (κ3) is 4.06. The van der Waals surface area contributed by atoms with E-state index >= 15 is 0 Å². The molecule has 1 aliphatic rings. The maximum absolute atomic E-state index is 15.0. The van der Waals surface area contributed by atoms with Crippen LogP contribution in [0.15, 0.2) is 30.3 Å². The largest absolute Gasteiger partial charge is 0.465 e. The molecule has 0 fully saturated rings. The molecule has 1 amide bonds. The van der Waals surface area contributed by atoms with Crippen LogP contribution < -0.4 is 0 Å². The summed E-state index contributed by atoms with van der Waals surface area (Å²) in [4.78, 5) is 26.3. The third-order valence-corrected chi connectivity index (χ3v) is 4.53. The van der Waals surface area contributed by atoms with Gasteiger partial charge in [-0.05, 0) is 49.6 Å². The molecule has 0 saturated heterocycles. The van der Waals surface area contributed by atoms with Crippen molar-refractivity contribution in [1.29, 1.82) is 5.26 Å². The van der Waals surface area contributed by atoms with Crippen molar-refractivity contribution in [2.24, 2.45) is 0 Å². The zero-order valence-corrected chi connectivity index (χ0v) is 16.7. The van der Waals surface area contributed by atoms with E-state index in [-0.39, 0.29) is 23.2 Å².